The van der Waals surface area contributed by atoms with E-state index in [1.54, 1.807) is 23.7 Å². The van der Waals surface area contributed by atoms with Gasteiger partial charge in [0.15, 0.2) is 0 Å². The number of hydrogen-bond donors (Lipinski definition) is 2. The summed E-state index contributed by atoms with van der Waals surface area (Å²) < 4.78 is 0.905. The van der Waals surface area contributed by atoms with Crippen molar-refractivity contribution in [1.29, 1.82) is 0 Å². The maximum atomic E-state index is 12.8. The quantitative estimate of drug-likeness (QED) is 0.745. The molecule has 8 heteroatoms. The third-order valence-corrected chi connectivity index (χ3v) is 4.81. The van der Waals surface area contributed by atoms with Crippen LogP contribution in [0.1, 0.15) is 21.7 Å². The lowest BCUT2D eigenvalue weighted by molar-refractivity contribution is -0.142. The molecule has 1 atom stereocenters. The van der Waals surface area contributed by atoms with E-state index in [0.717, 1.165) is 15.9 Å². The number of benzene rings is 1. The average Bonchev–Trinajstić information content (AvgIpc) is 3.20. The van der Waals surface area contributed by atoms with Gasteiger partial charge in [0.05, 0.1) is 40.0 Å². The van der Waals surface area contributed by atoms with E-state index in [0.29, 0.717) is 11.3 Å². The van der Waals surface area contributed by atoms with Crippen LogP contribution in [0.2, 0.25) is 0 Å². The van der Waals surface area contributed by atoms with Gasteiger partial charge >= 0.3 is 5.97 Å². The second kappa shape index (κ2) is 5.17. The average molecular weight is 328 g/mol. The Morgan fingerprint density at radius 3 is 3.04 bits per heavy atom. The van der Waals surface area contributed by atoms with E-state index in [2.05, 4.69) is 15.0 Å². The highest BCUT2D eigenvalue weighted by molar-refractivity contribution is 7.16. The number of carbonyl (C=O) groups is 2. The van der Waals surface area contributed by atoms with Crippen LogP contribution in [0.3, 0.4) is 0 Å². The number of nitrogens with zero attached hydrogens (tertiary/aromatic N) is 3. The normalized spacial score (nSPS) is 17.2. The first-order chi connectivity index (χ1) is 11.1. The Balaban J connectivity index is 1.71. The monoisotopic (exact) mass is 328 g/mol. The molecular formula is C15H12N4O3S. The highest BCUT2D eigenvalue weighted by Gasteiger charge is 2.36. The van der Waals surface area contributed by atoms with E-state index >= 15 is 0 Å². The van der Waals surface area contributed by atoms with Crippen molar-refractivity contribution in [3.8, 4) is 0 Å². The number of thiazole rings is 1. The number of H-pyrrole nitrogens is 1. The van der Waals surface area contributed by atoms with Crippen molar-refractivity contribution in [2.75, 3.05) is 0 Å². The zero-order chi connectivity index (χ0) is 16.0. The highest BCUT2D eigenvalue weighted by atomic mass is 32.1. The Morgan fingerprint density at radius 2 is 2.22 bits per heavy atom. The molecule has 4 rings (SSSR count). The molecule has 1 aliphatic heterocycles. The molecule has 2 aromatic heterocycles. The van der Waals surface area contributed by atoms with Gasteiger partial charge in [-0.25, -0.2) is 14.8 Å². The standard InChI is InChI=1S/C15H12N4O3S/c20-14(8-1-2-9-13(3-8)23-7-18-9)19-5-11-10(16-6-17-11)4-12(19)15(21)22/h1-3,6-7,12H,4-5H2,(H,16,17)(H,21,22)/t12-/m0/s1. The molecule has 3 heterocycles. The predicted octanol–water partition coefficient (Wildman–Crippen LogP) is 1.67. The Hall–Kier alpha value is -2.74. The highest BCUT2D eigenvalue weighted by Crippen LogP contribution is 2.25. The fourth-order valence-electron chi connectivity index (χ4n) is 2.82. The van der Waals surface area contributed by atoms with Gasteiger partial charge in [-0.3, -0.25) is 4.79 Å². The van der Waals surface area contributed by atoms with Crippen LogP contribution in [0.5, 0.6) is 0 Å². The fourth-order valence-corrected chi connectivity index (χ4v) is 3.54. The Kier molecular flexibility index (Phi) is 3.12. The maximum Gasteiger partial charge on any atom is 0.326 e. The van der Waals surface area contributed by atoms with Crippen LogP contribution in [0.4, 0.5) is 0 Å². The number of imidazole rings is 1. The fraction of sp³-hybridized carbons (Fsp3) is 0.200. The molecule has 1 aromatic carbocycles. The lowest BCUT2D eigenvalue weighted by Gasteiger charge is -2.32. The molecule has 0 bridgehead atoms. The number of carboxylic acids is 1. The van der Waals surface area contributed by atoms with Crippen molar-refractivity contribution in [3.63, 3.8) is 0 Å². The summed E-state index contributed by atoms with van der Waals surface area (Å²) in [6, 6.07) is 4.32. The van der Waals surface area contributed by atoms with Crippen molar-refractivity contribution < 1.29 is 14.7 Å². The summed E-state index contributed by atoms with van der Waals surface area (Å²) in [5.41, 5.74) is 4.51. The van der Waals surface area contributed by atoms with Gasteiger partial charge in [0.1, 0.15) is 6.04 Å². The summed E-state index contributed by atoms with van der Waals surface area (Å²) in [7, 11) is 0. The van der Waals surface area contributed by atoms with E-state index in [1.165, 1.54) is 22.6 Å². The van der Waals surface area contributed by atoms with Crippen molar-refractivity contribution >= 4 is 33.4 Å². The van der Waals surface area contributed by atoms with Gasteiger partial charge in [-0.15, -0.1) is 11.3 Å². The molecule has 23 heavy (non-hydrogen) atoms. The molecule has 0 radical (unpaired) electrons. The van der Waals surface area contributed by atoms with Gasteiger partial charge in [-0.1, -0.05) is 0 Å². The number of amides is 1. The number of aliphatic carboxylic acids is 1. The summed E-state index contributed by atoms with van der Waals surface area (Å²) in [6.45, 7) is 0.214. The number of aromatic amines is 1. The summed E-state index contributed by atoms with van der Waals surface area (Å²) in [6.07, 6.45) is 1.74. The van der Waals surface area contributed by atoms with E-state index < -0.39 is 12.0 Å². The van der Waals surface area contributed by atoms with Gasteiger partial charge in [0.25, 0.3) is 5.91 Å². The first-order valence-corrected chi connectivity index (χ1v) is 7.89. The molecule has 1 aliphatic rings. The minimum absolute atomic E-state index is 0.211. The van der Waals surface area contributed by atoms with Gasteiger partial charge in [0, 0.05) is 12.0 Å². The van der Waals surface area contributed by atoms with Gasteiger partial charge in [-0.05, 0) is 18.2 Å². The molecule has 0 unspecified atom stereocenters. The topological polar surface area (TPSA) is 99.2 Å². The number of carboxylic acid groups (broad SMARTS) is 1. The lowest BCUT2D eigenvalue weighted by Crippen LogP contribution is -2.48. The van der Waals surface area contributed by atoms with Crippen LogP contribution < -0.4 is 0 Å². The molecule has 0 spiro atoms. The molecule has 0 saturated carbocycles. The van der Waals surface area contributed by atoms with E-state index in [4.69, 9.17) is 0 Å². The number of nitrogens with one attached hydrogen (secondary N) is 1. The van der Waals surface area contributed by atoms with Crippen LogP contribution >= 0.6 is 11.3 Å². The van der Waals surface area contributed by atoms with E-state index in [-0.39, 0.29) is 18.9 Å². The number of aromatic nitrogens is 3. The predicted molar refractivity (Wildman–Crippen MR) is 83.2 cm³/mol. The van der Waals surface area contributed by atoms with Gasteiger partial charge < -0.3 is 15.0 Å². The minimum Gasteiger partial charge on any atom is -0.480 e. The van der Waals surface area contributed by atoms with Crippen LogP contribution in [-0.4, -0.2) is 42.9 Å². The van der Waals surface area contributed by atoms with Gasteiger partial charge in [-0.2, -0.15) is 0 Å². The molecule has 3 aromatic rings. The molecule has 116 valence electrons. The number of hydrogen-bond acceptors (Lipinski definition) is 5. The smallest absolute Gasteiger partial charge is 0.326 e. The van der Waals surface area contributed by atoms with Crippen LogP contribution in [0.25, 0.3) is 10.2 Å². The molecule has 0 fully saturated rings. The first kappa shape index (κ1) is 13.9. The number of carbonyl (C=O) groups excluding carboxylic acids is 1. The van der Waals surface area contributed by atoms with Gasteiger partial charge in [0.2, 0.25) is 0 Å². The van der Waals surface area contributed by atoms with Crippen molar-refractivity contribution in [3.05, 3.63) is 47.0 Å². The third kappa shape index (κ3) is 2.27. The summed E-state index contributed by atoms with van der Waals surface area (Å²) in [4.78, 5) is 37.1. The summed E-state index contributed by atoms with van der Waals surface area (Å²) in [5.74, 6) is -1.32. The SMILES string of the molecule is O=C(O)[C@@H]1Cc2nc[nH]c2CN1C(=O)c1ccc2ncsc2c1. The Labute approximate surface area is 134 Å². The molecular weight excluding hydrogens is 316 g/mol. The second-order valence-electron chi connectivity index (χ2n) is 5.35. The zero-order valence-electron chi connectivity index (χ0n) is 11.9. The molecule has 7 nitrogen and oxygen atoms in total. The number of rotatable bonds is 2. The number of fused-ring (bicyclic) bond motifs is 2. The summed E-state index contributed by atoms with van der Waals surface area (Å²) in [5, 5.41) is 9.47. The second-order valence-corrected chi connectivity index (χ2v) is 6.24. The molecule has 0 saturated heterocycles. The third-order valence-electron chi connectivity index (χ3n) is 4.02. The Bertz CT molecular complexity index is 916. The van der Waals surface area contributed by atoms with Crippen LogP contribution in [-0.2, 0) is 17.8 Å². The molecule has 1 amide bonds. The maximum absolute atomic E-state index is 12.8. The first-order valence-electron chi connectivity index (χ1n) is 7.01. The van der Waals surface area contributed by atoms with Crippen molar-refractivity contribution in [1.82, 2.24) is 19.9 Å². The Morgan fingerprint density at radius 1 is 1.35 bits per heavy atom. The van der Waals surface area contributed by atoms with Crippen molar-refractivity contribution in [2.45, 2.75) is 19.0 Å². The lowest BCUT2D eigenvalue weighted by atomic mass is 10.0. The zero-order valence-corrected chi connectivity index (χ0v) is 12.7. The minimum atomic E-state index is -1.02. The molecule has 2 N–H and O–H groups in total. The van der Waals surface area contributed by atoms with Crippen LogP contribution in [0, 0.1) is 0 Å². The molecule has 0 aliphatic carbocycles. The van der Waals surface area contributed by atoms with E-state index in [1.807, 2.05) is 0 Å². The van der Waals surface area contributed by atoms with Crippen molar-refractivity contribution in [2.24, 2.45) is 0 Å². The van der Waals surface area contributed by atoms with Crippen LogP contribution in [0.15, 0.2) is 30.0 Å². The van der Waals surface area contributed by atoms with E-state index in [9.17, 15) is 14.7 Å². The largest absolute Gasteiger partial charge is 0.480 e. The summed E-state index contributed by atoms with van der Waals surface area (Å²) >= 11 is 1.45.